The molecule has 0 atom stereocenters. The maximum atomic E-state index is 9.76. The molecule has 0 saturated heterocycles. The van der Waals surface area contributed by atoms with Crippen LogP contribution in [0.3, 0.4) is 0 Å². The Morgan fingerprint density at radius 1 is 1.00 bits per heavy atom. The topological polar surface area (TPSA) is 49.7 Å². The van der Waals surface area contributed by atoms with E-state index in [9.17, 15) is 10.2 Å². The van der Waals surface area contributed by atoms with E-state index in [-0.39, 0.29) is 12.4 Å². The van der Waals surface area contributed by atoms with E-state index >= 15 is 0 Å². The molecule has 1 aliphatic carbocycles. The number of phenols is 1. The Bertz CT molecular complexity index is 809. The zero-order chi connectivity index (χ0) is 19.8. The van der Waals surface area contributed by atoms with Crippen LogP contribution in [0.25, 0.3) is 11.1 Å². The highest BCUT2D eigenvalue weighted by molar-refractivity contribution is 5.73. The Labute approximate surface area is 162 Å². The van der Waals surface area contributed by atoms with E-state index in [1.807, 2.05) is 45.9 Å². The zero-order valence-corrected chi connectivity index (χ0v) is 16.7. The highest BCUT2D eigenvalue weighted by Gasteiger charge is 2.11. The Hall–Kier alpha value is -2.52. The van der Waals surface area contributed by atoms with Gasteiger partial charge in [0.2, 0.25) is 0 Å². The number of hydrogen-bond acceptors (Lipinski definition) is 3. The van der Waals surface area contributed by atoms with Crippen LogP contribution >= 0.6 is 0 Å². The molecule has 0 unspecified atom stereocenters. The molecule has 0 radical (unpaired) electrons. The fraction of sp³-hybridized carbons (Fsp3) is 0.333. The van der Waals surface area contributed by atoms with Crippen LogP contribution in [0.5, 0.6) is 11.5 Å². The van der Waals surface area contributed by atoms with Crippen LogP contribution < -0.4 is 4.74 Å². The lowest BCUT2D eigenvalue weighted by Crippen LogP contribution is -2.04. The van der Waals surface area contributed by atoms with Crippen molar-refractivity contribution in [1.29, 1.82) is 0 Å². The molecule has 0 heterocycles. The van der Waals surface area contributed by atoms with Crippen molar-refractivity contribution in [3.8, 4) is 22.6 Å². The number of aryl methyl sites for hydroxylation is 2. The highest BCUT2D eigenvalue weighted by Crippen LogP contribution is 2.33. The number of benzene rings is 2. The van der Waals surface area contributed by atoms with E-state index < -0.39 is 0 Å². The minimum absolute atomic E-state index is 0.0752. The molecular formula is C24H30O3. The Balaban J connectivity index is 0.00000126. The quantitative estimate of drug-likeness (QED) is 0.698. The number of ether oxygens (including phenoxy) is 1. The summed E-state index contributed by atoms with van der Waals surface area (Å²) in [5.74, 6) is 0.982. The second-order valence-corrected chi connectivity index (χ2v) is 6.48. The third-order valence-electron chi connectivity index (χ3n) is 4.50. The van der Waals surface area contributed by atoms with E-state index in [1.54, 1.807) is 12.1 Å². The van der Waals surface area contributed by atoms with Gasteiger partial charge in [0.05, 0.1) is 6.61 Å². The van der Waals surface area contributed by atoms with Crippen LogP contribution in [0.1, 0.15) is 43.4 Å². The van der Waals surface area contributed by atoms with Crippen molar-refractivity contribution >= 4 is 0 Å². The molecule has 0 amide bonds. The van der Waals surface area contributed by atoms with Gasteiger partial charge in [0.25, 0.3) is 0 Å². The molecule has 3 nitrogen and oxygen atoms in total. The average molecular weight is 367 g/mol. The van der Waals surface area contributed by atoms with Gasteiger partial charge >= 0.3 is 0 Å². The SMILES string of the molecule is CC.Cc1cc(O)cc(C)c1-c1ccc(OCC2=CCCC=C2)c(CO)c1. The average Bonchev–Trinajstić information content (AvgIpc) is 2.68. The number of phenolic OH excluding ortho intramolecular Hbond substituents is 1. The molecule has 144 valence electrons. The molecule has 3 rings (SSSR count). The molecule has 0 aliphatic heterocycles. The fourth-order valence-corrected chi connectivity index (χ4v) is 3.33. The molecule has 0 aromatic heterocycles. The third-order valence-corrected chi connectivity index (χ3v) is 4.50. The second kappa shape index (κ2) is 9.98. The molecule has 0 saturated carbocycles. The molecular weight excluding hydrogens is 336 g/mol. The Morgan fingerprint density at radius 3 is 2.30 bits per heavy atom. The van der Waals surface area contributed by atoms with Crippen LogP contribution in [0, 0.1) is 13.8 Å². The van der Waals surface area contributed by atoms with Gasteiger partial charge in [-0.05, 0) is 78.8 Å². The number of aromatic hydroxyl groups is 1. The van der Waals surface area contributed by atoms with Crippen molar-refractivity contribution in [2.75, 3.05) is 6.61 Å². The van der Waals surface area contributed by atoms with Crippen molar-refractivity contribution in [1.82, 2.24) is 0 Å². The number of rotatable bonds is 5. The summed E-state index contributed by atoms with van der Waals surface area (Å²) in [4.78, 5) is 0. The molecule has 3 heteroatoms. The van der Waals surface area contributed by atoms with Crippen molar-refractivity contribution < 1.29 is 14.9 Å². The predicted octanol–water partition coefficient (Wildman–Crippen LogP) is 5.85. The van der Waals surface area contributed by atoms with Gasteiger partial charge in [0.15, 0.2) is 0 Å². The van der Waals surface area contributed by atoms with Gasteiger partial charge < -0.3 is 14.9 Å². The first kappa shape index (κ1) is 20.8. The van der Waals surface area contributed by atoms with E-state index in [0.29, 0.717) is 12.4 Å². The van der Waals surface area contributed by atoms with Crippen LogP contribution in [0.4, 0.5) is 0 Å². The van der Waals surface area contributed by atoms with Gasteiger partial charge in [-0.2, -0.15) is 0 Å². The molecule has 2 aromatic carbocycles. The summed E-state index contributed by atoms with van der Waals surface area (Å²) in [5, 5.41) is 19.5. The fourth-order valence-electron chi connectivity index (χ4n) is 3.33. The van der Waals surface area contributed by atoms with Gasteiger partial charge in [-0.3, -0.25) is 0 Å². The second-order valence-electron chi connectivity index (χ2n) is 6.48. The predicted molar refractivity (Wildman–Crippen MR) is 112 cm³/mol. The van der Waals surface area contributed by atoms with Gasteiger partial charge in [-0.15, -0.1) is 0 Å². The maximum Gasteiger partial charge on any atom is 0.125 e. The molecule has 0 fully saturated rings. The molecule has 2 N–H and O–H groups in total. The molecule has 0 spiro atoms. The van der Waals surface area contributed by atoms with Crippen LogP contribution in [0.2, 0.25) is 0 Å². The molecule has 1 aliphatic rings. The van der Waals surface area contributed by atoms with Crippen molar-refractivity contribution in [2.24, 2.45) is 0 Å². The summed E-state index contributed by atoms with van der Waals surface area (Å²) in [5.41, 5.74) is 6.05. The van der Waals surface area contributed by atoms with Gasteiger partial charge in [-0.1, -0.05) is 38.1 Å². The minimum Gasteiger partial charge on any atom is -0.508 e. The first-order valence-electron chi connectivity index (χ1n) is 9.61. The van der Waals surface area contributed by atoms with E-state index in [2.05, 4.69) is 18.2 Å². The number of hydrogen-bond donors (Lipinski definition) is 2. The molecule has 0 bridgehead atoms. The summed E-state index contributed by atoms with van der Waals surface area (Å²) in [6.07, 6.45) is 8.59. The van der Waals surface area contributed by atoms with Crippen molar-refractivity contribution in [2.45, 2.75) is 47.1 Å². The maximum absolute atomic E-state index is 9.76. The lowest BCUT2D eigenvalue weighted by atomic mass is 9.94. The van der Waals surface area contributed by atoms with E-state index in [1.165, 1.54) is 5.57 Å². The first-order valence-corrected chi connectivity index (χ1v) is 9.61. The lowest BCUT2D eigenvalue weighted by Gasteiger charge is -2.16. The van der Waals surface area contributed by atoms with Crippen LogP contribution in [-0.4, -0.2) is 16.8 Å². The number of allylic oxidation sites excluding steroid dienone is 2. The summed E-state index contributed by atoms with van der Waals surface area (Å²) >= 11 is 0. The summed E-state index contributed by atoms with van der Waals surface area (Å²) < 4.78 is 5.92. The van der Waals surface area contributed by atoms with Gasteiger partial charge in [0.1, 0.15) is 18.1 Å². The first-order chi connectivity index (χ1) is 13.1. The van der Waals surface area contributed by atoms with E-state index in [4.69, 9.17) is 4.74 Å². The highest BCUT2D eigenvalue weighted by atomic mass is 16.5. The molecule has 2 aromatic rings. The Kier molecular flexibility index (Phi) is 7.68. The largest absolute Gasteiger partial charge is 0.508 e. The van der Waals surface area contributed by atoms with Crippen molar-refractivity contribution in [3.05, 3.63) is 70.8 Å². The minimum atomic E-state index is -0.0752. The Morgan fingerprint density at radius 2 is 1.70 bits per heavy atom. The monoisotopic (exact) mass is 366 g/mol. The molecule has 27 heavy (non-hydrogen) atoms. The summed E-state index contributed by atoms with van der Waals surface area (Å²) in [6, 6.07) is 9.40. The van der Waals surface area contributed by atoms with Crippen molar-refractivity contribution in [3.63, 3.8) is 0 Å². The number of aliphatic hydroxyl groups is 1. The van der Waals surface area contributed by atoms with Crippen LogP contribution in [-0.2, 0) is 6.61 Å². The normalized spacial score (nSPS) is 12.9. The third kappa shape index (κ3) is 5.24. The van der Waals surface area contributed by atoms with E-state index in [0.717, 1.165) is 40.7 Å². The van der Waals surface area contributed by atoms with Gasteiger partial charge in [-0.25, -0.2) is 0 Å². The summed E-state index contributed by atoms with van der Waals surface area (Å²) in [6.45, 7) is 8.40. The lowest BCUT2D eigenvalue weighted by molar-refractivity contribution is 0.269. The smallest absolute Gasteiger partial charge is 0.125 e. The van der Waals surface area contributed by atoms with Crippen LogP contribution in [0.15, 0.2) is 54.1 Å². The van der Waals surface area contributed by atoms with Gasteiger partial charge in [0, 0.05) is 5.56 Å². The summed E-state index contributed by atoms with van der Waals surface area (Å²) in [7, 11) is 0. The zero-order valence-electron chi connectivity index (χ0n) is 16.7. The number of aliphatic hydroxyl groups excluding tert-OH is 1. The standard InChI is InChI=1S/C22H24O3.C2H6/c1-15-10-20(24)11-16(2)22(15)18-8-9-21(19(12-18)13-23)25-14-17-6-4-3-5-7-17;1-2/h4,6-12,23-24H,3,5,13-14H2,1-2H3;1-2H3.